The molecule has 3 heterocycles. The molecule has 2 aromatic rings. The Bertz CT molecular complexity index is 847. The first-order valence-electron chi connectivity index (χ1n) is 9.56. The van der Waals surface area contributed by atoms with Crippen molar-refractivity contribution in [2.75, 3.05) is 13.1 Å². The standard InChI is InChI=1S/C21H23ClN2O3S/c22-16-4-1-3-14(11-16)12-17-13-18(27-23-17)21(26)24-8-6-15(7-9-24)20(25)19-5-2-10-28-19/h1-5,10-11,15,18,20,25H,6-9,12-13H2. The zero-order valence-corrected chi connectivity index (χ0v) is 17.0. The van der Waals surface area contributed by atoms with Crippen LogP contribution >= 0.6 is 22.9 Å². The highest BCUT2D eigenvalue weighted by Crippen LogP contribution is 2.33. The summed E-state index contributed by atoms with van der Waals surface area (Å²) in [6.45, 7) is 1.30. The summed E-state index contributed by atoms with van der Waals surface area (Å²) in [7, 11) is 0. The lowest BCUT2D eigenvalue weighted by molar-refractivity contribution is -0.144. The molecule has 4 rings (SSSR count). The number of carbonyl (C=O) groups is 1. The summed E-state index contributed by atoms with van der Waals surface area (Å²) in [5, 5.41) is 17.3. The molecular weight excluding hydrogens is 396 g/mol. The Labute approximate surface area is 173 Å². The van der Waals surface area contributed by atoms with Gasteiger partial charge >= 0.3 is 0 Å². The van der Waals surface area contributed by atoms with Gasteiger partial charge in [-0.15, -0.1) is 11.3 Å². The molecule has 1 fully saturated rings. The average molecular weight is 419 g/mol. The third kappa shape index (κ3) is 4.40. The second-order valence-corrected chi connectivity index (χ2v) is 8.80. The van der Waals surface area contributed by atoms with Gasteiger partial charge in [0.25, 0.3) is 5.91 Å². The van der Waals surface area contributed by atoms with Crippen molar-refractivity contribution in [3.63, 3.8) is 0 Å². The number of aliphatic hydroxyl groups excluding tert-OH is 1. The van der Waals surface area contributed by atoms with Crippen molar-refractivity contribution in [3.05, 3.63) is 57.2 Å². The van der Waals surface area contributed by atoms with E-state index in [0.29, 0.717) is 31.0 Å². The molecule has 1 aromatic heterocycles. The quantitative estimate of drug-likeness (QED) is 0.796. The second kappa shape index (κ2) is 8.64. The molecule has 0 radical (unpaired) electrons. The lowest BCUT2D eigenvalue weighted by Crippen LogP contribution is -2.44. The minimum absolute atomic E-state index is 0.00564. The maximum atomic E-state index is 12.8. The van der Waals surface area contributed by atoms with Gasteiger partial charge in [-0.1, -0.05) is 35.0 Å². The van der Waals surface area contributed by atoms with Crippen LogP contribution in [0.1, 0.15) is 35.8 Å². The minimum atomic E-state index is -0.534. The fourth-order valence-corrected chi connectivity index (χ4v) is 4.89. The minimum Gasteiger partial charge on any atom is -0.387 e. The van der Waals surface area contributed by atoms with Crippen LogP contribution in [-0.4, -0.2) is 40.8 Å². The largest absolute Gasteiger partial charge is 0.387 e. The van der Waals surface area contributed by atoms with Crippen LogP contribution in [0.5, 0.6) is 0 Å². The van der Waals surface area contributed by atoms with Crippen LogP contribution in [0.4, 0.5) is 0 Å². The zero-order chi connectivity index (χ0) is 19.5. The molecular formula is C21H23ClN2O3S. The highest BCUT2D eigenvalue weighted by atomic mass is 35.5. The molecule has 0 saturated carbocycles. The Hall–Kier alpha value is -1.89. The molecule has 0 spiro atoms. The van der Waals surface area contributed by atoms with E-state index in [1.165, 1.54) is 0 Å². The van der Waals surface area contributed by atoms with Gasteiger partial charge in [-0.2, -0.15) is 0 Å². The first kappa shape index (κ1) is 19.4. The van der Waals surface area contributed by atoms with Gasteiger partial charge in [-0.3, -0.25) is 4.79 Å². The third-order valence-electron chi connectivity index (χ3n) is 5.44. The maximum Gasteiger partial charge on any atom is 0.266 e. The first-order chi connectivity index (χ1) is 13.6. The summed E-state index contributed by atoms with van der Waals surface area (Å²) in [5.74, 6) is 0.191. The monoisotopic (exact) mass is 418 g/mol. The molecule has 5 nitrogen and oxygen atoms in total. The van der Waals surface area contributed by atoms with E-state index in [1.54, 1.807) is 11.3 Å². The maximum absolute atomic E-state index is 12.8. The number of aliphatic hydroxyl groups is 1. The number of nitrogens with zero attached hydrogens (tertiary/aromatic N) is 2. The lowest BCUT2D eigenvalue weighted by Gasteiger charge is -2.34. The number of oxime groups is 1. The highest BCUT2D eigenvalue weighted by molar-refractivity contribution is 7.10. The number of likely N-dealkylation sites (tertiary alicyclic amines) is 1. The molecule has 2 atom stereocenters. The molecule has 0 bridgehead atoms. The Balaban J connectivity index is 1.27. The van der Waals surface area contributed by atoms with Gasteiger partial charge in [0.15, 0.2) is 0 Å². The number of amides is 1. The smallest absolute Gasteiger partial charge is 0.266 e. The third-order valence-corrected chi connectivity index (χ3v) is 6.61. The second-order valence-electron chi connectivity index (χ2n) is 7.39. The van der Waals surface area contributed by atoms with E-state index < -0.39 is 12.2 Å². The van der Waals surface area contributed by atoms with Crippen molar-refractivity contribution < 1.29 is 14.7 Å². The molecule has 1 amide bonds. The molecule has 1 aromatic carbocycles. The van der Waals surface area contributed by atoms with Crippen LogP contribution in [0, 0.1) is 5.92 Å². The number of piperidine rings is 1. The molecule has 0 aliphatic carbocycles. The topological polar surface area (TPSA) is 62.1 Å². The van der Waals surface area contributed by atoms with E-state index in [1.807, 2.05) is 46.7 Å². The Morgan fingerprint density at radius 3 is 2.86 bits per heavy atom. The number of rotatable bonds is 5. The van der Waals surface area contributed by atoms with E-state index in [9.17, 15) is 9.90 Å². The molecule has 1 saturated heterocycles. The Morgan fingerprint density at radius 1 is 1.32 bits per heavy atom. The highest BCUT2D eigenvalue weighted by Gasteiger charge is 2.35. The van der Waals surface area contributed by atoms with Crippen LogP contribution in [-0.2, 0) is 16.1 Å². The predicted molar refractivity (Wildman–Crippen MR) is 111 cm³/mol. The number of halogens is 1. The van der Waals surface area contributed by atoms with Crippen molar-refractivity contribution in [3.8, 4) is 0 Å². The van der Waals surface area contributed by atoms with E-state index in [2.05, 4.69) is 5.16 Å². The van der Waals surface area contributed by atoms with Crippen LogP contribution < -0.4 is 0 Å². The van der Waals surface area contributed by atoms with Gasteiger partial charge in [0.2, 0.25) is 6.10 Å². The summed E-state index contributed by atoms with van der Waals surface area (Å²) in [6, 6.07) is 11.6. The number of hydrogen-bond donors (Lipinski definition) is 1. The fraction of sp³-hybridized carbons (Fsp3) is 0.429. The molecule has 2 aliphatic rings. The van der Waals surface area contributed by atoms with Gasteiger partial charge in [0.1, 0.15) is 0 Å². The van der Waals surface area contributed by atoms with Gasteiger partial charge < -0.3 is 14.8 Å². The molecule has 2 aliphatic heterocycles. The Morgan fingerprint density at radius 2 is 2.14 bits per heavy atom. The molecule has 148 valence electrons. The van der Waals surface area contributed by atoms with E-state index in [0.717, 1.165) is 29.0 Å². The molecule has 28 heavy (non-hydrogen) atoms. The number of thiophene rings is 1. The van der Waals surface area contributed by atoms with E-state index in [4.69, 9.17) is 16.4 Å². The summed E-state index contributed by atoms with van der Waals surface area (Å²) in [6.07, 6.45) is 1.78. The van der Waals surface area contributed by atoms with Crippen molar-refractivity contribution in [1.82, 2.24) is 4.90 Å². The summed E-state index contributed by atoms with van der Waals surface area (Å²) in [5.41, 5.74) is 1.93. The van der Waals surface area contributed by atoms with Crippen LogP contribution in [0.3, 0.4) is 0 Å². The summed E-state index contributed by atoms with van der Waals surface area (Å²) < 4.78 is 0. The Kier molecular flexibility index (Phi) is 5.99. The van der Waals surface area contributed by atoms with Crippen LogP contribution in [0.15, 0.2) is 46.9 Å². The van der Waals surface area contributed by atoms with Gasteiger partial charge in [0.05, 0.1) is 11.8 Å². The zero-order valence-electron chi connectivity index (χ0n) is 15.5. The van der Waals surface area contributed by atoms with Crippen LogP contribution in [0.25, 0.3) is 0 Å². The normalized spacial score (nSPS) is 21.3. The molecule has 1 N–H and O–H groups in total. The van der Waals surface area contributed by atoms with Gasteiger partial charge in [-0.05, 0) is 47.9 Å². The van der Waals surface area contributed by atoms with Gasteiger partial charge in [-0.25, -0.2) is 0 Å². The summed E-state index contributed by atoms with van der Waals surface area (Å²) >= 11 is 7.61. The number of benzene rings is 1. The summed E-state index contributed by atoms with van der Waals surface area (Å²) in [4.78, 5) is 21.1. The number of hydrogen-bond acceptors (Lipinski definition) is 5. The number of carbonyl (C=O) groups excluding carboxylic acids is 1. The lowest BCUT2D eigenvalue weighted by atomic mass is 9.90. The first-order valence-corrected chi connectivity index (χ1v) is 10.8. The molecule has 2 unspecified atom stereocenters. The SMILES string of the molecule is O=C(C1CC(Cc2cccc(Cl)c2)=NO1)N1CCC(C(O)c2cccs2)CC1. The van der Waals surface area contributed by atoms with E-state index >= 15 is 0 Å². The van der Waals surface area contributed by atoms with Gasteiger partial charge in [0, 0.05) is 35.8 Å². The van der Waals surface area contributed by atoms with Crippen molar-refractivity contribution in [1.29, 1.82) is 0 Å². The van der Waals surface area contributed by atoms with E-state index in [-0.39, 0.29) is 11.8 Å². The van der Waals surface area contributed by atoms with Crippen molar-refractivity contribution in [2.24, 2.45) is 11.1 Å². The van der Waals surface area contributed by atoms with Crippen molar-refractivity contribution >= 4 is 34.6 Å². The average Bonchev–Trinajstić information content (AvgIpc) is 3.39. The molecule has 7 heteroatoms. The fourth-order valence-electron chi connectivity index (χ4n) is 3.88. The predicted octanol–water partition coefficient (Wildman–Crippen LogP) is 4.06. The van der Waals surface area contributed by atoms with Crippen LogP contribution in [0.2, 0.25) is 5.02 Å². The van der Waals surface area contributed by atoms with Crippen molar-refractivity contribution in [2.45, 2.75) is 37.9 Å².